The van der Waals surface area contributed by atoms with E-state index in [1.807, 2.05) is 0 Å². The highest BCUT2D eigenvalue weighted by Gasteiger charge is 2.43. The molecule has 0 aliphatic heterocycles. The predicted octanol–water partition coefficient (Wildman–Crippen LogP) is 3.77. The lowest BCUT2D eigenvalue weighted by Gasteiger charge is -2.12. The number of carbonyl (C=O) groups excluding carboxylic acids is 1. The molecule has 1 saturated carbocycles. The number of rotatable bonds is 4. The highest BCUT2D eigenvalue weighted by atomic mass is 79.9. The van der Waals surface area contributed by atoms with Gasteiger partial charge in [-0.15, -0.1) is 0 Å². The van der Waals surface area contributed by atoms with E-state index < -0.39 is 17.3 Å². The van der Waals surface area contributed by atoms with Gasteiger partial charge < -0.3 is 5.32 Å². The molecular formula is C12H12BrF2NOS. The molecule has 0 unspecified atom stereocenters. The lowest BCUT2D eigenvalue weighted by Crippen LogP contribution is -2.19. The Morgan fingerprint density at radius 3 is 2.39 bits per heavy atom. The predicted molar refractivity (Wildman–Crippen MR) is 72.8 cm³/mol. The first-order valence-electron chi connectivity index (χ1n) is 5.51. The monoisotopic (exact) mass is 335 g/mol. The highest BCUT2D eigenvalue weighted by Crippen LogP contribution is 2.49. The van der Waals surface area contributed by atoms with Crippen molar-refractivity contribution in [3.63, 3.8) is 0 Å². The molecule has 1 N–H and O–H groups in total. The van der Waals surface area contributed by atoms with E-state index in [1.54, 1.807) is 0 Å². The average Bonchev–Trinajstić information content (AvgIpc) is 3.04. The number of thiol groups is 1. The summed E-state index contributed by atoms with van der Waals surface area (Å²) in [4.78, 5) is 11.7. The minimum Gasteiger partial charge on any atom is -0.321 e. The summed E-state index contributed by atoms with van der Waals surface area (Å²) < 4.78 is 27.3. The summed E-state index contributed by atoms with van der Waals surface area (Å²) in [6.45, 7) is 0. The van der Waals surface area contributed by atoms with Gasteiger partial charge in [0.15, 0.2) is 11.6 Å². The first-order chi connectivity index (χ1) is 8.46. The zero-order valence-electron chi connectivity index (χ0n) is 9.47. The molecule has 1 amide bonds. The molecule has 0 bridgehead atoms. The van der Waals surface area contributed by atoms with Gasteiger partial charge in [-0.25, -0.2) is 8.78 Å². The van der Waals surface area contributed by atoms with Gasteiger partial charge in [0.25, 0.3) is 0 Å². The van der Waals surface area contributed by atoms with Crippen molar-refractivity contribution < 1.29 is 13.6 Å². The van der Waals surface area contributed by atoms with Gasteiger partial charge in [-0.05, 0) is 36.1 Å². The molecule has 0 aromatic heterocycles. The van der Waals surface area contributed by atoms with Crippen molar-refractivity contribution in [2.45, 2.75) is 19.3 Å². The fourth-order valence-electron chi connectivity index (χ4n) is 1.75. The molecule has 1 aromatic carbocycles. The molecule has 0 heterocycles. The first kappa shape index (κ1) is 13.8. The number of carbonyl (C=O) groups is 1. The van der Waals surface area contributed by atoms with E-state index >= 15 is 0 Å². The molecule has 1 aromatic rings. The SMILES string of the molecule is O=C(CC1(CS)CC1)Nc1c(F)cc(Br)cc1F. The Kier molecular flexibility index (Phi) is 3.96. The van der Waals surface area contributed by atoms with Crippen LogP contribution in [0.5, 0.6) is 0 Å². The van der Waals surface area contributed by atoms with Crippen LogP contribution in [0.2, 0.25) is 0 Å². The van der Waals surface area contributed by atoms with Gasteiger partial charge >= 0.3 is 0 Å². The largest absolute Gasteiger partial charge is 0.321 e. The summed E-state index contributed by atoms with van der Waals surface area (Å²) >= 11 is 7.16. The molecule has 0 saturated heterocycles. The van der Waals surface area contributed by atoms with Crippen LogP contribution in [0.25, 0.3) is 0 Å². The summed E-state index contributed by atoms with van der Waals surface area (Å²) in [5.41, 5.74) is -0.464. The second-order valence-electron chi connectivity index (χ2n) is 4.63. The quantitative estimate of drug-likeness (QED) is 0.806. The van der Waals surface area contributed by atoms with Crippen LogP contribution >= 0.6 is 28.6 Å². The molecule has 2 rings (SSSR count). The van der Waals surface area contributed by atoms with E-state index in [9.17, 15) is 13.6 Å². The van der Waals surface area contributed by atoms with E-state index in [0.29, 0.717) is 10.2 Å². The molecular weight excluding hydrogens is 324 g/mol. The molecule has 98 valence electrons. The Balaban J connectivity index is 2.07. The average molecular weight is 336 g/mol. The van der Waals surface area contributed by atoms with Crippen LogP contribution in [-0.4, -0.2) is 11.7 Å². The lowest BCUT2D eigenvalue weighted by molar-refractivity contribution is -0.117. The summed E-state index contributed by atoms with van der Waals surface area (Å²) in [5, 5.41) is 2.29. The topological polar surface area (TPSA) is 29.1 Å². The molecule has 18 heavy (non-hydrogen) atoms. The van der Waals surface area contributed by atoms with Crippen molar-refractivity contribution in [2.75, 3.05) is 11.1 Å². The molecule has 6 heteroatoms. The van der Waals surface area contributed by atoms with Crippen molar-refractivity contribution in [1.82, 2.24) is 0 Å². The van der Waals surface area contributed by atoms with Crippen LogP contribution in [0.4, 0.5) is 14.5 Å². The Bertz CT molecular complexity index is 468. The minimum atomic E-state index is -0.786. The fraction of sp³-hybridized carbons (Fsp3) is 0.417. The Morgan fingerprint density at radius 1 is 1.39 bits per heavy atom. The normalized spacial score (nSPS) is 16.4. The lowest BCUT2D eigenvalue weighted by atomic mass is 10.1. The van der Waals surface area contributed by atoms with E-state index in [-0.39, 0.29) is 17.7 Å². The number of anilines is 1. The number of hydrogen-bond donors (Lipinski definition) is 2. The summed E-state index contributed by atoms with van der Waals surface area (Å²) in [6.07, 6.45) is 2.13. The van der Waals surface area contributed by atoms with E-state index in [2.05, 4.69) is 33.9 Å². The zero-order chi connectivity index (χ0) is 13.3. The molecule has 1 fully saturated rings. The number of halogens is 3. The maximum Gasteiger partial charge on any atom is 0.225 e. The van der Waals surface area contributed by atoms with E-state index in [1.165, 1.54) is 0 Å². The van der Waals surface area contributed by atoms with Crippen molar-refractivity contribution in [2.24, 2.45) is 5.41 Å². The third kappa shape index (κ3) is 3.03. The molecule has 1 aliphatic carbocycles. The highest BCUT2D eigenvalue weighted by molar-refractivity contribution is 9.10. The second kappa shape index (κ2) is 5.17. The molecule has 0 atom stereocenters. The molecule has 1 aliphatic rings. The van der Waals surface area contributed by atoms with Crippen molar-refractivity contribution in [1.29, 1.82) is 0 Å². The van der Waals surface area contributed by atoms with Crippen molar-refractivity contribution in [3.8, 4) is 0 Å². The van der Waals surface area contributed by atoms with Crippen LogP contribution in [0.3, 0.4) is 0 Å². The van der Waals surface area contributed by atoms with Gasteiger partial charge in [-0.2, -0.15) is 12.6 Å². The van der Waals surface area contributed by atoms with Gasteiger partial charge in [0.2, 0.25) is 5.91 Å². The minimum absolute atomic E-state index is 0.0739. The van der Waals surface area contributed by atoms with Crippen LogP contribution < -0.4 is 5.32 Å². The van der Waals surface area contributed by atoms with Crippen molar-refractivity contribution >= 4 is 40.2 Å². The Morgan fingerprint density at radius 2 is 1.94 bits per heavy atom. The van der Waals surface area contributed by atoms with Gasteiger partial charge in [0.05, 0.1) is 0 Å². The molecule has 0 radical (unpaired) electrons. The van der Waals surface area contributed by atoms with Crippen LogP contribution in [0.15, 0.2) is 16.6 Å². The number of hydrogen-bond acceptors (Lipinski definition) is 2. The third-order valence-corrected chi connectivity index (χ3v) is 4.23. The summed E-state index contributed by atoms with van der Waals surface area (Å²) in [5.74, 6) is -1.33. The Hall–Kier alpha value is -0.620. The van der Waals surface area contributed by atoms with Crippen molar-refractivity contribution in [3.05, 3.63) is 28.2 Å². The second-order valence-corrected chi connectivity index (χ2v) is 5.86. The smallest absolute Gasteiger partial charge is 0.225 e. The van der Waals surface area contributed by atoms with Crippen LogP contribution in [-0.2, 0) is 4.79 Å². The van der Waals surface area contributed by atoms with Gasteiger partial charge in [0, 0.05) is 10.9 Å². The first-order valence-corrected chi connectivity index (χ1v) is 6.94. The Labute approximate surface area is 118 Å². The molecule has 0 spiro atoms. The molecule has 2 nitrogen and oxygen atoms in total. The van der Waals surface area contributed by atoms with E-state index in [4.69, 9.17) is 0 Å². The number of nitrogens with one attached hydrogen (secondary N) is 1. The van der Waals surface area contributed by atoms with Crippen LogP contribution in [0, 0.1) is 17.0 Å². The van der Waals surface area contributed by atoms with E-state index in [0.717, 1.165) is 25.0 Å². The zero-order valence-corrected chi connectivity index (χ0v) is 12.0. The van der Waals surface area contributed by atoms with Gasteiger partial charge in [-0.1, -0.05) is 15.9 Å². The maximum atomic E-state index is 13.5. The van der Waals surface area contributed by atoms with Crippen LogP contribution in [0.1, 0.15) is 19.3 Å². The number of benzene rings is 1. The fourth-order valence-corrected chi connectivity index (χ4v) is 2.58. The third-order valence-electron chi connectivity index (χ3n) is 3.10. The summed E-state index contributed by atoms with van der Waals surface area (Å²) in [7, 11) is 0. The number of amides is 1. The van der Waals surface area contributed by atoms with Gasteiger partial charge in [-0.3, -0.25) is 4.79 Å². The standard InChI is InChI=1S/C12H12BrF2NOS/c13-7-3-8(14)11(9(15)4-7)16-10(17)5-12(6-18)1-2-12/h3-4,18H,1-2,5-6H2,(H,16,17). The van der Waals surface area contributed by atoms with Gasteiger partial charge in [0.1, 0.15) is 5.69 Å². The summed E-state index contributed by atoms with van der Waals surface area (Å²) in [6, 6.07) is 2.23. The maximum absolute atomic E-state index is 13.5.